The number of aromatic nitrogens is 1. The molecule has 0 unspecified atom stereocenters. The third kappa shape index (κ3) is 3.57. The van der Waals surface area contributed by atoms with Gasteiger partial charge in [0.1, 0.15) is 6.61 Å². The maximum absolute atomic E-state index is 13.1. The summed E-state index contributed by atoms with van der Waals surface area (Å²) in [5.74, 6) is 1.18. The molecule has 4 rings (SSSR count). The van der Waals surface area contributed by atoms with Gasteiger partial charge in [0, 0.05) is 22.4 Å². The molecule has 3 heterocycles. The average Bonchev–Trinajstić information content (AvgIpc) is 3.38. The summed E-state index contributed by atoms with van der Waals surface area (Å²) in [5, 5.41) is 4.05. The molecule has 2 aromatic heterocycles. The van der Waals surface area contributed by atoms with Crippen LogP contribution in [-0.2, 0) is 13.0 Å². The number of carbonyl (C=O) groups excluding carboxylic acids is 1. The SMILES string of the molecule is COc1cc(C(=O)N2CCc3sccc3[C@@H]2C)ccc1OCc1cscn1. The van der Waals surface area contributed by atoms with Gasteiger partial charge in [0.2, 0.25) is 0 Å². The molecule has 0 spiro atoms. The van der Waals surface area contributed by atoms with E-state index in [2.05, 4.69) is 23.4 Å². The molecule has 1 aliphatic heterocycles. The van der Waals surface area contributed by atoms with Crippen LogP contribution in [0, 0.1) is 0 Å². The summed E-state index contributed by atoms with van der Waals surface area (Å²) < 4.78 is 11.3. The number of hydrogen-bond acceptors (Lipinski definition) is 6. The zero-order valence-electron chi connectivity index (χ0n) is 15.2. The number of rotatable bonds is 5. The van der Waals surface area contributed by atoms with Gasteiger partial charge < -0.3 is 14.4 Å². The molecule has 140 valence electrons. The first-order chi connectivity index (χ1) is 13.2. The fourth-order valence-electron chi connectivity index (χ4n) is 3.33. The van der Waals surface area contributed by atoms with Crippen LogP contribution in [-0.4, -0.2) is 29.4 Å². The van der Waals surface area contributed by atoms with Gasteiger partial charge in [-0.2, -0.15) is 0 Å². The summed E-state index contributed by atoms with van der Waals surface area (Å²) in [6, 6.07) is 7.56. The molecule has 5 nitrogen and oxygen atoms in total. The zero-order valence-corrected chi connectivity index (χ0v) is 16.8. The van der Waals surface area contributed by atoms with Gasteiger partial charge in [-0.25, -0.2) is 4.98 Å². The summed E-state index contributed by atoms with van der Waals surface area (Å²) in [6.07, 6.45) is 0.912. The fraction of sp³-hybridized carbons (Fsp3) is 0.300. The lowest BCUT2D eigenvalue weighted by atomic mass is 10.0. The van der Waals surface area contributed by atoms with Crippen molar-refractivity contribution < 1.29 is 14.3 Å². The maximum atomic E-state index is 13.1. The predicted molar refractivity (Wildman–Crippen MR) is 107 cm³/mol. The van der Waals surface area contributed by atoms with Gasteiger partial charge in [0.25, 0.3) is 5.91 Å². The second kappa shape index (κ2) is 7.70. The summed E-state index contributed by atoms with van der Waals surface area (Å²) in [5.41, 5.74) is 4.51. The first-order valence-electron chi connectivity index (χ1n) is 8.72. The molecular weight excluding hydrogens is 380 g/mol. The predicted octanol–water partition coefficient (Wildman–Crippen LogP) is 4.55. The van der Waals surface area contributed by atoms with Crippen LogP contribution < -0.4 is 9.47 Å². The highest BCUT2D eigenvalue weighted by Gasteiger charge is 2.29. The first kappa shape index (κ1) is 18.0. The van der Waals surface area contributed by atoms with Crippen molar-refractivity contribution in [2.24, 2.45) is 0 Å². The van der Waals surface area contributed by atoms with E-state index < -0.39 is 0 Å². The Kier molecular flexibility index (Phi) is 5.13. The number of fused-ring (bicyclic) bond motifs is 1. The van der Waals surface area contributed by atoms with E-state index in [4.69, 9.17) is 9.47 Å². The molecule has 0 aliphatic carbocycles. The molecule has 0 saturated carbocycles. The van der Waals surface area contributed by atoms with E-state index in [1.807, 2.05) is 10.3 Å². The van der Waals surface area contributed by atoms with Crippen molar-refractivity contribution in [3.63, 3.8) is 0 Å². The normalized spacial score (nSPS) is 16.1. The third-order valence-corrected chi connectivity index (χ3v) is 6.44. The highest BCUT2D eigenvalue weighted by molar-refractivity contribution is 7.10. The number of hydrogen-bond donors (Lipinski definition) is 0. The van der Waals surface area contributed by atoms with Crippen molar-refractivity contribution in [2.45, 2.75) is 26.0 Å². The zero-order chi connectivity index (χ0) is 18.8. The van der Waals surface area contributed by atoms with Crippen molar-refractivity contribution in [1.82, 2.24) is 9.88 Å². The van der Waals surface area contributed by atoms with E-state index in [-0.39, 0.29) is 11.9 Å². The molecule has 0 fully saturated rings. The van der Waals surface area contributed by atoms with Crippen LogP contribution in [0.15, 0.2) is 40.5 Å². The van der Waals surface area contributed by atoms with Crippen LogP contribution in [0.3, 0.4) is 0 Å². The number of nitrogens with zero attached hydrogens (tertiary/aromatic N) is 2. The van der Waals surface area contributed by atoms with Gasteiger partial charge in [0.15, 0.2) is 11.5 Å². The number of methoxy groups -OCH3 is 1. The molecular formula is C20H20N2O3S2. The molecule has 3 aromatic rings. The molecule has 0 bridgehead atoms. The van der Waals surface area contributed by atoms with Gasteiger partial charge in [-0.05, 0) is 48.6 Å². The van der Waals surface area contributed by atoms with Gasteiger partial charge in [0.05, 0.1) is 24.4 Å². The molecule has 0 radical (unpaired) electrons. The lowest BCUT2D eigenvalue weighted by Gasteiger charge is -2.33. The van der Waals surface area contributed by atoms with E-state index >= 15 is 0 Å². The van der Waals surface area contributed by atoms with Crippen molar-refractivity contribution in [1.29, 1.82) is 0 Å². The Morgan fingerprint density at radius 1 is 1.33 bits per heavy atom. The van der Waals surface area contributed by atoms with Crippen molar-refractivity contribution in [2.75, 3.05) is 13.7 Å². The standard InChI is InChI=1S/C20H20N2O3S2/c1-13-16-6-8-27-19(16)5-7-22(13)20(23)14-3-4-17(18(9-14)24-2)25-10-15-11-26-12-21-15/h3-4,6,8-9,11-13H,5,7,10H2,1-2H3/t13-/m0/s1. The number of amides is 1. The Balaban J connectivity index is 1.52. The number of ether oxygens (including phenoxy) is 2. The Morgan fingerprint density at radius 3 is 3.00 bits per heavy atom. The summed E-state index contributed by atoms with van der Waals surface area (Å²) in [4.78, 5) is 20.6. The van der Waals surface area contributed by atoms with Gasteiger partial charge in [-0.1, -0.05) is 0 Å². The van der Waals surface area contributed by atoms with Gasteiger partial charge >= 0.3 is 0 Å². The highest BCUT2D eigenvalue weighted by Crippen LogP contribution is 2.35. The minimum absolute atomic E-state index is 0.0173. The lowest BCUT2D eigenvalue weighted by Crippen LogP contribution is -2.38. The van der Waals surface area contributed by atoms with Crippen molar-refractivity contribution in [3.05, 3.63) is 62.2 Å². The van der Waals surface area contributed by atoms with Crippen molar-refractivity contribution >= 4 is 28.6 Å². The average molecular weight is 401 g/mol. The molecule has 1 atom stereocenters. The second-order valence-electron chi connectivity index (χ2n) is 6.36. The molecule has 7 heteroatoms. The van der Waals surface area contributed by atoms with E-state index in [9.17, 15) is 4.79 Å². The maximum Gasteiger partial charge on any atom is 0.254 e. The highest BCUT2D eigenvalue weighted by atomic mass is 32.1. The Morgan fingerprint density at radius 2 is 2.22 bits per heavy atom. The number of thiazole rings is 1. The summed E-state index contributed by atoms with van der Waals surface area (Å²) in [6.45, 7) is 3.19. The molecule has 0 N–H and O–H groups in total. The van der Waals surface area contributed by atoms with Crippen LogP contribution in [0.5, 0.6) is 11.5 Å². The topological polar surface area (TPSA) is 51.7 Å². The van der Waals surface area contributed by atoms with Crippen LogP contribution in [0.4, 0.5) is 0 Å². The molecule has 1 amide bonds. The summed E-state index contributed by atoms with van der Waals surface area (Å²) >= 11 is 3.30. The molecule has 27 heavy (non-hydrogen) atoms. The monoisotopic (exact) mass is 400 g/mol. The number of carbonyl (C=O) groups is 1. The first-order valence-corrected chi connectivity index (χ1v) is 10.5. The Bertz CT molecular complexity index is 937. The Labute approximate surface area is 166 Å². The Hall–Kier alpha value is -2.38. The fourth-order valence-corrected chi connectivity index (χ4v) is 4.84. The lowest BCUT2D eigenvalue weighted by molar-refractivity contribution is 0.0679. The molecule has 1 aliphatic rings. The quantitative estimate of drug-likeness (QED) is 0.630. The number of thiophene rings is 1. The largest absolute Gasteiger partial charge is 0.493 e. The molecule has 0 saturated heterocycles. The van der Waals surface area contributed by atoms with Crippen LogP contribution in [0.1, 0.15) is 39.5 Å². The minimum Gasteiger partial charge on any atom is -0.493 e. The van der Waals surface area contributed by atoms with E-state index in [1.54, 1.807) is 42.2 Å². The second-order valence-corrected chi connectivity index (χ2v) is 8.08. The van der Waals surface area contributed by atoms with E-state index in [0.29, 0.717) is 23.7 Å². The van der Waals surface area contributed by atoms with E-state index in [0.717, 1.165) is 18.7 Å². The van der Waals surface area contributed by atoms with Crippen LogP contribution >= 0.6 is 22.7 Å². The van der Waals surface area contributed by atoms with Crippen LogP contribution in [0.2, 0.25) is 0 Å². The number of benzene rings is 1. The smallest absolute Gasteiger partial charge is 0.254 e. The van der Waals surface area contributed by atoms with Gasteiger partial charge in [-0.3, -0.25) is 4.79 Å². The third-order valence-electron chi connectivity index (χ3n) is 4.81. The van der Waals surface area contributed by atoms with Crippen molar-refractivity contribution in [3.8, 4) is 11.5 Å². The molecule has 1 aromatic carbocycles. The minimum atomic E-state index is 0.0173. The van der Waals surface area contributed by atoms with E-state index in [1.165, 1.54) is 21.8 Å². The van der Waals surface area contributed by atoms with Gasteiger partial charge in [-0.15, -0.1) is 22.7 Å². The van der Waals surface area contributed by atoms with Crippen LogP contribution in [0.25, 0.3) is 0 Å². The summed E-state index contributed by atoms with van der Waals surface area (Å²) in [7, 11) is 1.58.